The first kappa shape index (κ1) is 49.4. The molecule has 0 unspecified atom stereocenters. The molecule has 0 bridgehead atoms. The predicted molar refractivity (Wildman–Crippen MR) is 236 cm³/mol. The lowest BCUT2D eigenvalue weighted by atomic mass is 10.0. The number of rotatable bonds is 21. The average Bonchev–Trinajstić information content (AvgIpc) is 4.11. The van der Waals surface area contributed by atoms with E-state index < -0.39 is 90.9 Å². The Balaban J connectivity index is 1.18. The van der Waals surface area contributed by atoms with E-state index in [1.165, 1.54) is 14.7 Å². The highest BCUT2D eigenvalue weighted by Crippen LogP contribution is 2.26. The first-order chi connectivity index (χ1) is 31.2. The Morgan fingerprint density at radius 2 is 1.22 bits per heavy atom. The second kappa shape index (κ2) is 23.9. The molecule has 3 aliphatic rings. The van der Waals surface area contributed by atoms with Crippen LogP contribution in [0.4, 0.5) is 0 Å². The molecule has 3 fully saturated rings. The SMILES string of the molecule is NC(N)=NCCC[C@H](N)C(=O)N1CCC[C@@H]1C(=O)N1CCC[C@@H]1C(=O)NCC(=O)N[C@H](Cc1ccccc1)C(=O)N[C@H](CO)C(=O)N1CCC[C@@H]1C(=O)N[C@@H](Cc1ccccc1)C(=O)O. The van der Waals surface area contributed by atoms with E-state index in [0.717, 1.165) is 0 Å². The molecule has 21 heteroatoms. The number of nitrogens with two attached hydrogens (primary N) is 3. The number of carbonyl (C=O) groups excluding carboxylic acids is 7. The van der Waals surface area contributed by atoms with Crippen molar-refractivity contribution in [2.75, 3.05) is 39.3 Å². The molecule has 7 atom stereocenters. The number of hydrogen-bond acceptors (Lipinski definition) is 11. The first-order valence-corrected chi connectivity index (χ1v) is 22.0. The van der Waals surface area contributed by atoms with Crippen molar-refractivity contribution >= 4 is 53.3 Å². The number of benzene rings is 2. The number of nitrogens with one attached hydrogen (secondary N) is 4. The minimum atomic E-state index is -1.52. The molecule has 3 heterocycles. The number of amides is 7. The van der Waals surface area contributed by atoms with E-state index in [-0.39, 0.29) is 50.1 Å². The lowest BCUT2D eigenvalue weighted by molar-refractivity contribution is -0.147. The van der Waals surface area contributed by atoms with E-state index in [9.17, 15) is 48.6 Å². The van der Waals surface area contributed by atoms with Crippen LogP contribution in [-0.2, 0) is 51.2 Å². The minimum Gasteiger partial charge on any atom is -0.480 e. The predicted octanol–water partition coefficient (Wildman–Crippen LogP) is -2.53. The summed E-state index contributed by atoms with van der Waals surface area (Å²) in [6.45, 7) is -0.378. The third-order valence-electron chi connectivity index (χ3n) is 11.8. The molecule has 2 aromatic carbocycles. The van der Waals surface area contributed by atoms with Gasteiger partial charge in [0.05, 0.1) is 19.2 Å². The molecule has 5 rings (SSSR count). The van der Waals surface area contributed by atoms with Crippen LogP contribution in [0, 0.1) is 0 Å². The number of likely N-dealkylation sites (tertiary alicyclic amines) is 3. The molecular formula is C44H61N11O10. The number of aliphatic hydroxyl groups is 1. The Kier molecular flexibility index (Phi) is 18.2. The molecule has 7 amide bonds. The number of carboxylic acid groups (broad SMARTS) is 1. The molecule has 21 nitrogen and oxygen atoms in total. The van der Waals surface area contributed by atoms with Crippen molar-refractivity contribution in [1.82, 2.24) is 36.0 Å². The molecule has 352 valence electrons. The van der Waals surface area contributed by atoms with Gasteiger partial charge >= 0.3 is 5.97 Å². The average molecular weight is 904 g/mol. The summed E-state index contributed by atoms with van der Waals surface area (Å²) in [5.74, 6) is -5.70. The van der Waals surface area contributed by atoms with E-state index in [1.807, 2.05) is 0 Å². The number of nitrogens with zero attached hydrogens (tertiary/aromatic N) is 4. The summed E-state index contributed by atoms with van der Waals surface area (Å²) in [7, 11) is 0. The number of hydrogen-bond donors (Lipinski definition) is 9. The summed E-state index contributed by atoms with van der Waals surface area (Å²) in [4.78, 5) is 115. The molecule has 0 aliphatic carbocycles. The van der Waals surface area contributed by atoms with Gasteiger partial charge in [-0.05, 0) is 62.5 Å². The molecule has 3 aliphatic heterocycles. The van der Waals surface area contributed by atoms with Crippen molar-refractivity contribution in [3.05, 3.63) is 71.8 Å². The molecule has 0 radical (unpaired) electrons. The van der Waals surface area contributed by atoms with Crippen LogP contribution in [-0.4, -0.2) is 160 Å². The largest absolute Gasteiger partial charge is 0.480 e. The lowest BCUT2D eigenvalue weighted by Crippen LogP contribution is -2.59. The zero-order chi connectivity index (χ0) is 47.0. The lowest BCUT2D eigenvalue weighted by Gasteiger charge is -2.32. The van der Waals surface area contributed by atoms with Gasteiger partial charge in [-0.25, -0.2) is 4.79 Å². The molecule has 0 spiro atoms. The quantitative estimate of drug-likeness (QED) is 0.0355. The highest BCUT2D eigenvalue weighted by molar-refractivity contribution is 5.97. The fraction of sp³-hybridized carbons (Fsp3) is 0.523. The van der Waals surface area contributed by atoms with Crippen molar-refractivity contribution in [3.63, 3.8) is 0 Å². The van der Waals surface area contributed by atoms with E-state index in [4.69, 9.17) is 17.2 Å². The van der Waals surface area contributed by atoms with Gasteiger partial charge < -0.3 is 63.4 Å². The molecule has 12 N–H and O–H groups in total. The second-order valence-corrected chi connectivity index (χ2v) is 16.5. The number of carbonyl (C=O) groups is 8. The number of carboxylic acids is 1. The Labute approximate surface area is 376 Å². The summed E-state index contributed by atoms with van der Waals surface area (Å²) in [5, 5.41) is 30.4. The molecular weight excluding hydrogens is 843 g/mol. The van der Waals surface area contributed by atoms with Crippen molar-refractivity contribution in [3.8, 4) is 0 Å². The van der Waals surface area contributed by atoms with Crippen molar-refractivity contribution in [2.24, 2.45) is 22.2 Å². The zero-order valence-corrected chi connectivity index (χ0v) is 36.3. The summed E-state index contributed by atoms with van der Waals surface area (Å²) in [5.41, 5.74) is 18.2. The molecule has 65 heavy (non-hydrogen) atoms. The summed E-state index contributed by atoms with van der Waals surface area (Å²) < 4.78 is 0. The highest BCUT2D eigenvalue weighted by atomic mass is 16.4. The zero-order valence-electron chi connectivity index (χ0n) is 36.3. The Morgan fingerprint density at radius 3 is 1.78 bits per heavy atom. The van der Waals surface area contributed by atoms with Crippen LogP contribution in [0.2, 0.25) is 0 Å². The molecule has 2 aromatic rings. The topological polar surface area (TPSA) is 325 Å². The summed E-state index contributed by atoms with van der Waals surface area (Å²) >= 11 is 0. The monoisotopic (exact) mass is 903 g/mol. The van der Waals surface area contributed by atoms with Crippen molar-refractivity contribution < 1.29 is 48.6 Å². The van der Waals surface area contributed by atoms with Crippen LogP contribution in [0.15, 0.2) is 65.7 Å². The van der Waals surface area contributed by atoms with Crippen LogP contribution in [0.3, 0.4) is 0 Å². The van der Waals surface area contributed by atoms with Gasteiger partial charge in [0.2, 0.25) is 41.4 Å². The third-order valence-corrected chi connectivity index (χ3v) is 11.8. The van der Waals surface area contributed by atoms with Crippen LogP contribution < -0.4 is 38.5 Å². The van der Waals surface area contributed by atoms with Gasteiger partial charge in [-0.3, -0.25) is 38.6 Å². The fourth-order valence-electron chi connectivity index (χ4n) is 8.51. The van der Waals surface area contributed by atoms with Gasteiger partial charge in [0.25, 0.3) is 0 Å². The van der Waals surface area contributed by atoms with Crippen LogP contribution >= 0.6 is 0 Å². The van der Waals surface area contributed by atoms with Gasteiger partial charge in [-0.15, -0.1) is 0 Å². The van der Waals surface area contributed by atoms with Gasteiger partial charge in [-0.1, -0.05) is 60.7 Å². The molecule has 0 aromatic heterocycles. The van der Waals surface area contributed by atoms with Crippen molar-refractivity contribution in [1.29, 1.82) is 0 Å². The third kappa shape index (κ3) is 13.7. The standard InChI is InChI=1S/C44H61N11O10/c45-29(15-7-19-48-44(46)47)40(61)55-22-10-18-35(55)42(63)54-21-8-16-33(54)38(59)49-25-36(57)50-30(23-27-11-3-1-4-12-27)37(58)52-32(26-56)41(62)53-20-9-17-34(53)39(60)51-31(43(64)65)24-28-13-5-2-6-14-28/h1-6,11-14,29-35,56H,7-10,15-26,45H2,(H,49,59)(H,50,57)(H,51,60)(H,52,58)(H,64,65)(H4,46,47,48)/t29-,30+,31-,32+,33+,34+,35+/m0/s1. The summed E-state index contributed by atoms with van der Waals surface area (Å²) in [6, 6.07) is 9.74. The van der Waals surface area contributed by atoms with E-state index in [0.29, 0.717) is 69.2 Å². The van der Waals surface area contributed by atoms with Gasteiger partial charge in [-0.2, -0.15) is 0 Å². The van der Waals surface area contributed by atoms with E-state index in [2.05, 4.69) is 26.3 Å². The fourth-order valence-corrected chi connectivity index (χ4v) is 8.51. The maximum atomic E-state index is 13.8. The van der Waals surface area contributed by atoms with Crippen molar-refractivity contribution in [2.45, 2.75) is 107 Å². The second-order valence-electron chi connectivity index (χ2n) is 16.5. The summed E-state index contributed by atoms with van der Waals surface area (Å²) in [6.07, 6.45) is 3.23. The minimum absolute atomic E-state index is 0.0128. The highest BCUT2D eigenvalue weighted by Gasteiger charge is 2.43. The first-order valence-electron chi connectivity index (χ1n) is 22.0. The maximum absolute atomic E-state index is 13.8. The van der Waals surface area contributed by atoms with Gasteiger partial charge in [0.15, 0.2) is 5.96 Å². The van der Waals surface area contributed by atoms with Crippen LogP contribution in [0.25, 0.3) is 0 Å². The Bertz CT molecular complexity index is 2040. The van der Waals surface area contributed by atoms with Crippen LogP contribution in [0.5, 0.6) is 0 Å². The Morgan fingerprint density at radius 1 is 0.677 bits per heavy atom. The van der Waals surface area contributed by atoms with Crippen LogP contribution in [0.1, 0.15) is 62.5 Å². The Hall–Kier alpha value is -6.61. The molecule has 0 saturated carbocycles. The normalized spacial score (nSPS) is 19.9. The van der Waals surface area contributed by atoms with Gasteiger partial charge in [0, 0.05) is 39.0 Å². The molecule has 3 saturated heterocycles. The number of aliphatic imine (C=N–C) groups is 1. The smallest absolute Gasteiger partial charge is 0.326 e. The van der Waals surface area contributed by atoms with Gasteiger partial charge in [0.1, 0.15) is 36.3 Å². The van der Waals surface area contributed by atoms with E-state index in [1.54, 1.807) is 60.7 Å². The maximum Gasteiger partial charge on any atom is 0.326 e. The number of aliphatic hydroxyl groups excluding tert-OH is 1. The number of aliphatic carboxylic acids is 1. The van der Waals surface area contributed by atoms with E-state index >= 15 is 0 Å². The number of guanidine groups is 1.